The zero-order chi connectivity index (χ0) is 25.3. The summed E-state index contributed by atoms with van der Waals surface area (Å²) < 4.78 is 6.33. The Labute approximate surface area is 207 Å². The van der Waals surface area contributed by atoms with Gasteiger partial charge in [-0.05, 0) is 31.9 Å². The van der Waals surface area contributed by atoms with Crippen LogP contribution in [0.1, 0.15) is 38.1 Å². The molecule has 0 atom stereocenters. The third-order valence-electron chi connectivity index (χ3n) is 5.31. The number of aromatic carboxylic acids is 1. The first kappa shape index (κ1) is 24.3. The number of rotatable bonds is 7. The van der Waals surface area contributed by atoms with Gasteiger partial charge in [-0.3, -0.25) is 14.2 Å². The van der Waals surface area contributed by atoms with Crippen LogP contribution in [-0.4, -0.2) is 39.1 Å². The average Bonchev–Trinajstić information content (AvgIpc) is 3.38. The fraction of sp³-hybridized carbons (Fsp3) is 0.208. The minimum atomic E-state index is -1.14. The number of nitrogens with zero attached hydrogens (tertiary/aromatic N) is 2. The predicted octanol–water partition coefficient (Wildman–Crippen LogP) is 4.32. The molecule has 0 aliphatic heterocycles. The molecule has 0 aliphatic rings. The number of ether oxygens (including phenoxy) is 1. The Kier molecular flexibility index (Phi) is 6.81. The van der Waals surface area contributed by atoms with Gasteiger partial charge in [-0.15, -0.1) is 22.7 Å². The number of fused-ring (bicyclic) bond motifs is 1. The molecule has 0 bridgehead atoms. The highest BCUT2D eigenvalue weighted by atomic mass is 32.1. The summed E-state index contributed by atoms with van der Waals surface area (Å²) in [6.07, 6.45) is 1.21. The highest BCUT2D eigenvalue weighted by Crippen LogP contribution is 2.36. The van der Waals surface area contributed by atoms with Gasteiger partial charge in [0.25, 0.3) is 5.56 Å². The highest BCUT2D eigenvalue weighted by Gasteiger charge is 2.24. The van der Waals surface area contributed by atoms with Crippen LogP contribution in [0.15, 0.2) is 40.8 Å². The second kappa shape index (κ2) is 9.80. The van der Waals surface area contributed by atoms with Crippen LogP contribution in [0.4, 0.5) is 5.00 Å². The minimum absolute atomic E-state index is 0.0353. The summed E-state index contributed by atoms with van der Waals surface area (Å²) in [5, 5.41) is 14.3. The molecule has 0 fully saturated rings. The SMILES string of the molecule is CCOC(=O)c1c(-c2ccc(C)cc2)csc1NC(=O)Cn1cnc2sc(C(=O)O)c(C)c2c1=O. The number of anilines is 1. The van der Waals surface area contributed by atoms with Crippen LogP contribution in [0, 0.1) is 13.8 Å². The van der Waals surface area contributed by atoms with Gasteiger partial charge in [0.2, 0.25) is 5.91 Å². The summed E-state index contributed by atoms with van der Waals surface area (Å²) >= 11 is 2.10. The number of nitrogens with one attached hydrogen (secondary N) is 1. The molecule has 0 aliphatic carbocycles. The van der Waals surface area contributed by atoms with E-state index in [0.29, 0.717) is 21.0 Å². The number of carboxylic acid groups (broad SMARTS) is 1. The molecule has 180 valence electrons. The first-order valence-corrected chi connectivity index (χ1v) is 12.3. The number of hydrogen-bond acceptors (Lipinski definition) is 8. The van der Waals surface area contributed by atoms with Crippen LogP contribution >= 0.6 is 22.7 Å². The molecule has 4 rings (SSSR count). The summed E-state index contributed by atoms with van der Waals surface area (Å²) in [6, 6.07) is 7.64. The van der Waals surface area contributed by atoms with E-state index >= 15 is 0 Å². The standard InChI is InChI=1S/C24H21N3O6S2/c1-4-33-24(32)18-15(14-7-5-12(2)6-8-14)10-34-21(18)26-16(28)9-27-11-25-20-17(22(27)29)13(3)19(35-20)23(30)31/h5-8,10-11H,4,9H2,1-3H3,(H,26,28)(H,30,31). The van der Waals surface area contributed by atoms with Crippen molar-refractivity contribution in [2.75, 3.05) is 11.9 Å². The van der Waals surface area contributed by atoms with Crippen LogP contribution in [0.25, 0.3) is 21.3 Å². The average molecular weight is 512 g/mol. The van der Waals surface area contributed by atoms with Crippen molar-refractivity contribution in [1.29, 1.82) is 0 Å². The second-order valence-corrected chi connectivity index (χ2v) is 9.59. The zero-order valence-electron chi connectivity index (χ0n) is 19.1. The van der Waals surface area contributed by atoms with E-state index in [4.69, 9.17) is 4.74 Å². The van der Waals surface area contributed by atoms with Gasteiger partial charge in [-0.1, -0.05) is 29.8 Å². The lowest BCUT2D eigenvalue weighted by Crippen LogP contribution is -2.28. The number of aryl methyl sites for hydroxylation is 2. The van der Waals surface area contributed by atoms with E-state index in [-0.39, 0.29) is 29.0 Å². The maximum Gasteiger partial charge on any atom is 0.346 e. The lowest BCUT2D eigenvalue weighted by molar-refractivity contribution is -0.116. The fourth-order valence-corrected chi connectivity index (χ4v) is 5.55. The van der Waals surface area contributed by atoms with Crippen LogP contribution < -0.4 is 10.9 Å². The summed E-state index contributed by atoms with van der Waals surface area (Å²) in [5.74, 6) is -2.24. The molecule has 0 saturated heterocycles. The van der Waals surface area contributed by atoms with Gasteiger partial charge in [0.15, 0.2) is 0 Å². The summed E-state index contributed by atoms with van der Waals surface area (Å²) in [5.41, 5.74) is 2.57. The van der Waals surface area contributed by atoms with E-state index < -0.39 is 23.4 Å². The van der Waals surface area contributed by atoms with E-state index in [1.165, 1.54) is 17.7 Å². The van der Waals surface area contributed by atoms with Crippen molar-refractivity contribution in [3.05, 3.63) is 67.9 Å². The van der Waals surface area contributed by atoms with Gasteiger partial charge < -0.3 is 15.2 Å². The first-order chi connectivity index (χ1) is 16.7. The quantitative estimate of drug-likeness (QED) is 0.354. The van der Waals surface area contributed by atoms with Crippen LogP contribution in [0.3, 0.4) is 0 Å². The third-order valence-corrected chi connectivity index (χ3v) is 7.39. The topological polar surface area (TPSA) is 128 Å². The van der Waals surface area contributed by atoms with Crippen LogP contribution in [0.2, 0.25) is 0 Å². The Morgan fingerprint density at radius 1 is 1.17 bits per heavy atom. The number of amides is 1. The molecule has 1 amide bonds. The number of benzene rings is 1. The Bertz CT molecular complexity index is 1510. The van der Waals surface area contributed by atoms with E-state index in [1.807, 2.05) is 31.2 Å². The highest BCUT2D eigenvalue weighted by molar-refractivity contribution is 7.20. The lowest BCUT2D eigenvalue weighted by atomic mass is 10.0. The molecule has 11 heteroatoms. The number of carbonyl (C=O) groups is 3. The molecule has 35 heavy (non-hydrogen) atoms. The van der Waals surface area contributed by atoms with Crippen molar-refractivity contribution in [2.24, 2.45) is 0 Å². The van der Waals surface area contributed by atoms with Crippen molar-refractivity contribution in [1.82, 2.24) is 9.55 Å². The Hall–Kier alpha value is -3.83. The molecule has 0 unspecified atom stereocenters. The monoisotopic (exact) mass is 511 g/mol. The van der Waals surface area contributed by atoms with E-state index in [0.717, 1.165) is 27.0 Å². The molecular weight excluding hydrogens is 490 g/mol. The van der Waals surface area contributed by atoms with E-state index in [1.54, 1.807) is 19.2 Å². The number of carboxylic acids is 1. The molecule has 4 aromatic rings. The molecule has 3 aromatic heterocycles. The number of hydrogen-bond donors (Lipinski definition) is 2. The van der Waals surface area contributed by atoms with Gasteiger partial charge in [0.1, 0.15) is 26.8 Å². The smallest absolute Gasteiger partial charge is 0.346 e. The molecule has 3 heterocycles. The predicted molar refractivity (Wildman–Crippen MR) is 135 cm³/mol. The van der Waals surface area contributed by atoms with Gasteiger partial charge >= 0.3 is 11.9 Å². The molecule has 2 N–H and O–H groups in total. The number of aromatic nitrogens is 2. The maximum atomic E-state index is 12.9. The summed E-state index contributed by atoms with van der Waals surface area (Å²) in [4.78, 5) is 54.4. The van der Waals surface area contributed by atoms with Crippen molar-refractivity contribution < 1.29 is 24.2 Å². The maximum absolute atomic E-state index is 12.9. The van der Waals surface area contributed by atoms with E-state index in [2.05, 4.69) is 10.3 Å². The number of thiophene rings is 2. The zero-order valence-corrected chi connectivity index (χ0v) is 20.7. The van der Waals surface area contributed by atoms with Gasteiger partial charge in [0, 0.05) is 10.9 Å². The van der Waals surface area contributed by atoms with Crippen LogP contribution in [-0.2, 0) is 16.1 Å². The molecular formula is C24H21N3O6S2. The second-order valence-electron chi connectivity index (χ2n) is 7.71. The Balaban J connectivity index is 1.64. The van der Waals surface area contributed by atoms with Crippen molar-refractivity contribution >= 4 is 55.7 Å². The van der Waals surface area contributed by atoms with Crippen molar-refractivity contribution in [2.45, 2.75) is 27.3 Å². The van der Waals surface area contributed by atoms with Gasteiger partial charge in [-0.25, -0.2) is 14.6 Å². The van der Waals surface area contributed by atoms with Crippen molar-refractivity contribution in [3.63, 3.8) is 0 Å². The minimum Gasteiger partial charge on any atom is -0.477 e. The first-order valence-electron chi connectivity index (χ1n) is 10.6. The summed E-state index contributed by atoms with van der Waals surface area (Å²) in [6.45, 7) is 5.02. The van der Waals surface area contributed by atoms with Crippen LogP contribution in [0.5, 0.6) is 0 Å². The molecule has 1 aromatic carbocycles. The number of esters is 1. The third kappa shape index (κ3) is 4.73. The molecule has 0 radical (unpaired) electrons. The Morgan fingerprint density at radius 3 is 2.54 bits per heavy atom. The molecule has 0 saturated carbocycles. The molecule has 9 nitrogen and oxygen atoms in total. The number of carbonyl (C=O) groups excluding carboxylic acids is 2. The Morgan fingerprint density at radius 2 is 1.89 bits per heavy atom. The largest absolute Gasteiger partial charge is 0.477 e. The van der Waals surface area contributed by atoms with E-state index in [9.17, 15) is 24.3 Å². The normalized spacial score (nSPS) is 10.9. The van der Waals surface area contributed by atoms with Gasteiger partial charge in [0.05, 0.1) is 18.3 Å². The fourth-order valence-electron chi connectivity index (χ4n) is 3.60. The molecule has 0 spiro atoms. The summed E-state index contributed by atoms with van der Waals surface area (Å²) in [7, 11) is 0. The lowest BCUT2D eigenvalue weighted by Gasteiger charge is -2.10. The van der Waals surface area contributed by atoms with Gasteiger partial charge in [-0.2, -0.15) is 0 Å². The van der Waals surface area contributed by atoms with Crippen molar-refractivity contribution in [3.8, 4) is 11.1 Å².